The minimum absolute atomic E-state index is 0.0978. The fourth-order valence-corrected chi connectivity index (χ4v) is 2.55. The van der Waals surface area contributed by atoms with Crippen molar-refractivity contribution in [2.24, 2.45) is 0 Å². The van der Waals surface area contributed by atoms with Crippen molar-refractivity contribution in [2.45, 2.75) is 32.5 Å². The summed E-state index contributed by atoms with van der Waals surface area (Å²) >= 11 is 0. The number of carbonyl (C=O) groups excluding carboxylic acids is 1. The number of rotatable bonds is 4. The van der Waals surface area contributed by atoms with Crippen LogP contribution in [0.15, 0.2) is 34.9 Å². The molecule has 2 heterocycles. The Hall–Kier alpha value is -2.27. The molecule has 0 bridgehead atoms. The van der Waals surface area contributed by atoms with Crippen LogP contribution in [0.2, 0.25) is 0 Å². The summed E-state index contributed by atoms with van der Waals surface area (Å²) in [5, 5.41) is 12.6. The maximum Gasteiger partial charge on any atom is 0.261 e. The van der Waals surface area contributed by atoms with Crippen LogP contribution in [0.3, 0.4) is 0 Å². The average molecular weight is 301 g/mol. The van der Waals surface area contributed by atoms with Crippen LogP contribution >= 0.6 is 0 Å². The average Bonchev–Trinajstić information content (AvgIpc) is 3.14. The van der Waals surface area contributed by atoms with E-state index in [0.717, 1.165) is 16.9 Å². The minimum Gasteiger partial charge on any atom is -0.480 e. The molecule has 5 heteroatoms. The summed E-state index contributed by atoms with van der Waals surface area (Å²) in [7, 11) is 0. The summed E-state index contributed by atoms with van der Waals surface area (Å²) in [5.41, 5.74) is 3.39. The molecule has 0 spiro atoms. The van der Waals surface area contributed by atoms with E-state index >= 15 is 0 Å². The molecule has 0 aliphatic carbocycles. The third-order valence-corrected chi connectivity index (χ3v) is 3.99. The zero-order valence-corrected chi connectivity index (χ0v) is 12.6. The smallest absolute Gasteiger partial charge is 0.261 e. The van der Waals surface area contributed by atoms with E-state index in [1.165, 1.54) is 11.8 Å². The lowest BCUT2D eigenvalue weighted by Crippen LogP contribution is -2.39. The van der Waals surface area contributed by atoms with Crippen LogP contribution in [-0.4, -0.2) is 23.7 Å². The van der Waals surface area contributed by atoms with E-state index in [2.05, 4.69) is 11.4 Å². The molecule has 2 aromatic rings. The van der Waals surface area contributed by atoms with Crippen LogP contribution in [0, 0.1) is 13.8 Å². The lowest BCUT2D eigenvalue weighted by molar-refractivity contribution is -0.127. The van der Waals surface area contributed by atoms with Crippen LogP contribution in [0.5, 0.6) is 5.75 Å². The molecular formula is C17H19NO4. The van der Waals surface area contributed by atoms with Gasteiger partial charge in [0, 0.05) is 6.42 Å². The topological polar surface area (TPSA) is 71.7 Å². The monoisotopic (exact) mass is 301 g/mol. The van der Waals surface area contributed by atoms with Gasteiger partial charge in [0.1, 0.15) is 17.6 Å². The molecule has 5 nitrogen and oxygen atoms in total. The van der Waals surface area contributed by atoms with Gasteiger partial charge in [0.05, 0.1) is 12.8 Å². The van der Waals surface area contributed by atoms with Crippen molar-refractivity contribution in [1.29, 1.82) is 0 Å². The molecule has 0 radical (unpaired) electrons. The second kappa shape index (κ2) is 5.85. The first-order valence-corrected chi connectivity index (χ1v) is 7.30. The second-order valence-corrected chi connectivity index (χ2v) is 5.63. The van der Waals surface area contributed by atoms with Crippen LogP contribution in [0.1, 0.15) is 28.6 Å². The number of hydrogen-bond donors (Lipinski definition) is 2. The predicted molar refractivity (Wildman–Crippen MR) is 80.7 cm³/mol. The fraction of sp³-hybridized carbons (Fsp3) is 0.353. The van der Waals surface area contributed by atoms with E-state index in [-0.39, 0.29) is 12.5 Å². The molecule has 1 aliphatic rings. The highest BCUT2D eigenvalue weighted by Gasteiger charge is 2.29. The third-order valence-electron chi connectivity index (χ3n) is 3.99. The molecule has 1 aliphatic heterocycles. The Morgan fingerprint density at radius 2 is 2.18 bits per heavy atom. The van der Waals surface area contributed by atoms with Gasteiger partial charge in [-0.05, 0) is 48.7 Å². The number of carbonyl (C=O) groups is 1. The largest absolute Gasteiger partial charge is 0.480 e. The summed E-state index contributed by atoms with van der Waals surface area (Å²) < 4.78 is 10.8. The summed E-state index contributed by atoms with van der Waals surface area (Å²) in [6.07, 6.45) is 0.646. The lowest BCUT2D eigenvalue weighted by Gasteiger charge is -2.13. The van der Waals surface area contributed by atoms with Crippen molar-refractivity contribution in [3.63, 3.8) is 0 Å². The molecule has 0 fully saturated rings. The van der Waals surface area contributed by atoms with E-state index in [9.17, 15) is 9.90 Å². The van der Waals surface area contributed by atoms with Crippen molar-refractivity contribution in [2.75, 3.05) is 6.54 Å². The zero-order valence-electron chi connectivity index (χ0n) is 12.6. The molecule has 116 valence electrons. The highest BCUT2D eigenvalue weighted by atomic mass is 16.5. The number of benzene rings is 1. The SMILES string of the molecule is Cc1cc2c(cc1C)OC(C(=O)NCC(O)c1ccco1)C2. The zero-order chi connectivity index (χ0) is 15.7. The van der Waals surface area contributed by atoms with Gasteiger partial charge in [-0.1, -0.05) is 6.07 Å². The van der Waals surface area contributed by atoms with Gasteiger partial charge >= 0.3 is 0 Å². The van der Waals surface area contributed by atoms with Crippen molar-refractivity contribution in [3.8, 4) is 5.75 Å². The van der Waals surface area contributed by atoms with Crippen LogP contribution in [0.25, 0.3) is 0 Å². The molecular weight excluding hydrogens is 282 g/mol. The number of amides is 1. The molecule has 22 heavy (non-hydrogen) atoms. The molecule has 1 aromatic carbocycles. The second-order valence-electron chi connectivity index (χ2n) is 5.63. The molecule has 1 amide bonds. The van der Waals surface area contributed by atoms with E-state index < -0.39 is 12.2 Å². The van der Waals surface area contributed by atoms with Gasteiger partial charge in [-0.2, -0.15) is 0 Å². The van der Waals surface area contributed by atoms with E-state index in [1.54, 1.807) is 12.1 Å². The number of nitrogens with one attached hydrogen (secondary N) is 1. The van der Waals surface area contributed by atoms with Gasteiger partial charge in [0.25, 0.3) is 5.91 Å². The Labute approximate surface area is 128 Å². The van der Waals surface area contributed by atoms with Gasteiger partial charge in [-0.25, -0.2) is 0 Å². The van der Waals surface area contributed by atoms with Gasteiger partial charge in [-0.3, -0.25) is 4.79 Å². The van der Waals surface area contributed by atoms with Crippen molar-refractivity contribution < 1.29 is 19.1 Å². The molecule has 0 saturated carbocycles. The van der Waals surface area contributed by atoms with Crippen LogP contribution in [0.4, 0.5) is 0 Å². The fourth-order valence-electron chi connectivity index (χ4n) is 2.55. The highest BCUT2D eigenvalue weighted by molar-refractivity contribution is 5.82. The number of ether oxygens (including phenoxy) is 1. The Kier molecular flexibility index (Phi) is 3.90. The molecule has 0 saturated heterocycles. The number of aliphatic hydroxyl groups excluding tert-OH is 1. The maximum atomic E-state index is 12.2. The number of aliphatic hydroxyl groups is 1. The van der Waals surface area contributed by atoms with E-state index in [1.807, 2.05) is 19.9 Å². The van der Waals surface area contributed by atoms with Crippen molar-refractivity contribution >= 4 is 5.91 Å². The maximum absolute atomic E-state index is 12.2. The molecule has 2 unspecified atom stereocenters. The normalized spacial score (nSPS) is 17.7. The third kappa shape index (κ3) is 2.85. The van der Waals surface area contributed by atoms with Gasteiger partial charge in [0.2, 0.25) is 0 Å². The van der Waals surface area contributed by atoms with Gasteiger partial charge < -0.3 is 19.6 Å². The van der Waals surface area contributed by atoms with E-state index in [4.69, 9.17) is 9.15 Å². The van der Waals surface area contributed by atoms with Gasteiger partial charge in [-0.15, -0.1) is 0 Å². The first kappa shape index (κ1) is 14.7. The minimum atomic E-state index is -0.854. The first-order valence-electron chi connectivity index (χ1n) is 7.30. The lowest BCUT2D eigenvalue weighted by atomic mass is 10.0. The quantitative estimate of drug-likeness (QED) is 0.906. The van der Waals surface area contributed by atoms with Crippen molar-refractivity contribution in [1.82, 2.24) is 5.32 Å². The standard InChI is InChI=1S/C17H19NO4/c1-10-6-12-8-16(22-15(12)7-11(10)2)17(20)18-9-13(19)14-4-3-5-21-14/h3-7,13,16,19H,8-9H2,1-2H3,(H,18,20). The van der Waals surface area contributed by atoms with Crippen molar-refractivity contribution in [3.05, 3.63) is 53.0 Å². The highest BCUT2D eigenvalue weighted by Crippen LogP contribution is 2.31. The Morgan fingerprint density at radius 3 is 2.91 bits per heavy atom. The van der Waals surface area contributed by atoms with Crippen LogP contribution < -0.4 is 10.1 Å². The molecule has 1 aromatic heterocycles. The Morgan fingerprint density at radius 1 is 1.41 bits per heavy atom. The van der Waals surface area contributed by atoms with Gasteiger partial charge in [0.15, 0.2) is 6.10 Å². The summed E-state index contributed by atoms with van der Waals surface area (Å²) in [6.45, 7) is 4.16. The van der Waals surface area contributed by atoms with Crippen LogP contribution in [-0.2, 0) is 11.2 Å². The predicted octanol–water partition coefficient (Wildman–Crippen LogP) is 2.05. The Bertz CT molecular complexity index is 647. The number of furan rings is 1. The molecule has 3 rings (SSSR count). The summed E-state index contributed by atoms with van der Waals surface area (Å²) in [5.74, 6) is 0.981. The Balaban J connectivity index is 1.58. The summed E-state index contributed by atoms with van der Waals surface area (Å²) in [6, 6.07) is 7.40. The number of fused-ring (bicyclic) bond motifs is 1. The summed E-state index contributed by atoms with van der Waals surface area (Å²) in [4.78, 5) is 12.2. The number of hydrogen-bond acceptors (Lipinski definition) is 4. The van der Waals surface area contributed by atoms with E-state index in [0.29, 0.717) is 12.2 Å². The molecule has 2 atom stereocenters. The molecule has 2 N–H and O–H groups in total. The first-order chi connectivity index (χ1) is 10.5. The number of aryl methyl sites for hydroxylation is 2.